The van der Waals surface area contributed by atoms with E-state index in [4.69, 9.17) is 9.47 Å². The van der Waals surface area contributed by atoms with Gasteiger partial charge >= 0.3 is 12.1 Å². The van der Waals surface area contributed by atoms with Gasteiger partial charge in [0.15, 0.2) is 6.04 Å². The Bertz CT molecular complexity index is 629. The molecule has 6 nitrogen and oxygen atoms in total. The number of piperidine rings is 1. The summed E-state index contributed by atoms with van der Waals surface area (Å²) >= 11 is 0. The van der Waals surface area contributed by atoms with Crippen LogP contribution in [0.5, 0.6) is 0 Å². The first kappa shape index (κ1) is 21.2. The van der Waals surface area contributed by atoms with Gasteiger partial charge in [-0.3, -0.25) is 0 Å². The number of rotatable bonds is 5. The zero-order chi connectivity index (χ0) is 20.0. The van der Waals surface area contributed by atoms with Crippen molar-refractivity contribution in [2.45, 2.75) is 58.1 Å². The largest absolute Gasteiger partial charge is 0.464 e. The van der Waals surface area contributed by atoms with Crippen LogP contribution in [0.25, 0.3) is 0 Å². The summed E-state index contributed by atoms with van der Waals surface area (Å²) in [5.74, 6) is 0.0468. The van der Waals surface area contributed by atoms with Crippen LogP contribution < -0.4 is 5.32 Å². The van der Waals surface area contributed by atoms with Gasteiger partial charge in [0.05, 0.1) is 6.61 Å². The summed E-state index contributed by atoms with van der Waals surface area (Å²) in [6.45, 7) is 9.52. The lowest BCUT2D eigenvalue weighted by Gasteiger charge is -2.29. The van der Waals surface area contributed by atoms with Gasteiger partial charge in [-0.1, -0.05) is 24.3 Å². The second kappa shape index (κ2) is 9.22. The van der Waals surface area contributed by atoms with E-state index in [1.165, 1.54) is 5.56 Å². The molecule has 1 aliphatic heterocycles. The van der Waals surface area contributed by atoms with Gasteiger partial charge in [-0.05, 0) is 77.7 Å². The second-order valence-corrected chi connectivity index (χ2v) is 8.08. The van der Waals surface area contributed by atoms with Crippen LogP contribution in [0.15, 0.2) is 24.3 Å². The van der Waals surface area contributed by atoms with Gasteiger partial charge in [-0.15, -0.1) is 0 Å². The number of esters is 1. The monoisotopic (exact) mass is 376 g/mol. The van der Waals surface area contributed by atoms with Crippen LogP contribution in [0, 0.1) is 0 Å². The third-order valence-electron chi connectivity index (χ3n) is 4.64. The maximum atomic E-state index is 12.4. The fourth-order valence-corrected chi connectivity index (χ4v) is 3.23. The number of alkyl carbamates (subject to hydrolysis) is 1. The molecule has 0 saturated carbocycles. The van der Waals surface area contributed by atoms with Crippen LogP contribution in [0.2, 0.25) is 0 Å². The number of likely N-dealkylation sites (tertiary alicyclic amines) is 1. The van der Waals surface area contributed by atoms with E-state index in [1.54, 1.807) is 27.7 Å². The standard InChI is InChI=1S/C21H32N2O4/c1-6-26-19(24)18(22-20(25)27-21(2,3)4)17-9-7-15(8-10-17)16-11-13-23(5)14-12-16/h7-10,16,18H,6,11-14H2,1-5H3,(H,22,25). The molecule has 2 rings (SSSR count). The summed E-state index contributed by atoms with van der Waals surface area (Å²) < 4.78 is 10.4. The van der Waals surface area contributed by atoms with E-state index in [9.17, 15) is 9.59 Å². The molecule has 0 bridgehead atoms. The Morgan fingerprint density at radius 2 is 1.78 bits per heavy atom. The minimum absolute atomic E-state index is 0.249. The van der Waals surface area contributed by atoms with Crippen molar-refractivity contribution in [2.24, 2.45) is 0 Å². The molecule has 0 aromatic heterocycles. The van der Waals surface area contributed by atoms with Crippen LogP contribution in [-0.4, -0.2) is 49.3 Å². The molecular weight excluding hydrogens is 344 g/mol. The summed E-state index contributed by atoms with van der Waals surface area (Å²) in [5.41, 5.74) is 1.32. The van der Waals surface area contributed by atoms with E-state index in [-0.39, 0.29) is 6.61 Å². The first-order valence-electron chi connectivity index (χ1n) is 9.64. The minimum atomic E-state index is -0.883. The summed E-state index contributed by atoms with van der Waals surface area (Å²) in [7, 11) is 2.14. The van der Waals surface area contributed by atoms with Gasteiger partial charge < -0.3 is 19.7 Å². The Balaban J connectivity index is 2.12. The van der Waals surface area contributed by atoms with E-state index < -0.39 is 23.7 Å². The predicted octanol–water partition coefficient (Wildman–Crippen LogP) is 3.62. The summed E-state index contributed by atoms with van der Waals surface area (Å²) in [5, 5.41) is 2.64. The first-order chi connectivity index (χ1) is 12.7. The average molecular weight is 376 g/mol. The molecule has 1 atom stereocenters. The van der Waals surface area contributed by atoms with E-state index in [2.05, 4.69) is 17.3 Å². The number of carbonyl (C=O) groups excluding carboxylic acids is 2. The number of benzene rings is 1. The molecule has 1 aromatic carbocycles. The van der Waals surface area contributed by atoms with Gasteiger partial charge in [0.25, 0.3) is 0 Å². The van der Waals surface area contributed by atoms with Crippen LogP contribution in [0.3, 0.4) is 0 Å². The molecule has 6 heteroatoms. The third-order valence-corrected chi connectivity index (χ3v) is 4.64. The molecule has 1 saturated heterocycles. The minimum Gasteiger partial charge on any atom is -0.464 e. The first-order valence-corrected chi connectivity index (χ1v) is 9.64. The molecule has 1 aliphatic rings. The van der Waals surface area contributed by atoms with Crippen molar-refractivity contribution in [3.8, 4) is 0 Å². The molecule has 0 aliphatic carbocycles. The van der Waals surface area contributed by atoms with Gasteiger partial charge in [0, 0.05) is 0 Å². The molecule has 27 heavy (non-hydrogen) atoms. The fourth-order valence-electron chi connectivity index (χ4n) is 3.23. The molecule has 1 heterocycles. The molecule has 1 fully saturated rings. The van der Waals surface area contributed by atoms with Crippen LogP contribution in [0.1, 0.15) is 63.6 Å². The highest BCUT2D eigenvalue weighted by Crippen LogP contribution is 2.28. The maximum Gasteiger partial charge on any atom is 0.408 e. The lowest BCUT2D eigenvalue weighted by atomic mass is 9.88. The molecule has 1 aromatic rings. The molecule has 150 valence electrons. The van der Waals surface area contributed by atoms with Crippen molar-refractivity contribution in [2.75, 3.05) is 26.7 Å². The van der Waals surface area contributed by atoms with Crippen molar-refractivity contribution in [1.82, 2.24) is 10.2 Å². The Labute approximate surface area is 162 Å². The van der Waals surface area contributed by atoms with Crippen LogP contribution in [0.4, 0.5) is 4.79 Å². The van der Waals surface area contributed by atoms with Crippen molar-refractivity contribution < 1.29 is 19.1 Å². The van der Waals surface area contributed by atoms with Crippen LogP contribution >= 0.6 is 0 Å². The highest BCUT2D eigenvalue weighted by Gasteiger charge is 2.27. The fraction of sp³-hybridized carbons (Fsp3) is 0.619. The van der Waals surface area contributed by atoms with Gasteiger partial charge in [0.2, 0.25) is 0 Å². The maximum absolute atomic E-state index is 12.4. The second-order valence-electron chi connectivity index (χ2n) is 8.08. The van der Waals surface area contributed by atoms with Crippen molar-refractivity contribution in [1.29, 1.82) is 0 Å². The van der Waals surface area contributed by atoms with Gasteiger partial charge in [-0.2, -0.15) is 0 Å². The summed E-state index contributed by atoms with van der Waals surface area (Å²) in [6, 6.07) is 7.01. The molecule has 1 amide bonds. The number of hydrogen-bond donors (Lipinski definition) is 1. The highest BCUT2D eigenvalue weighted by molar-refractivity contribution is 5.82. The summed E-state index contributed by atoms with van der Waals surface area (Å²) in [6.07, 6.45) is 1.63. The smallest absolute Gasteiger partial charge is 0.408 e. The summed E-state index contributed by atoms with van der Waals surface area (Å²) in [4.78, 5) is 26.9. The number of hydrogen-bond acceptors (Lipinski definition) is 5. The Morgan fingerprint density at radius 1 is 1.19 bits per heavy atom. The third kappa shape index (κ3) is 6.54. The number of ether oxygens (including phenoxy) is 2. The van der Waals surface area contributed by atoms with E-state index in [1.807, 2.05) is 24.3 Å². The highest BCUT2D eigenvalue weighted by atomic mass is 16.6. The number of amides is 1. The van der Waals surface area contributed by atoms with Crippen molar-refractivity contribution in [3.05, 3.63) is 35.4 Å². The zero-order valence-electron chi connectivity index (χ0n) is 17.1. The predicted molar refractivity (Wildman–Crippen MR) is 105 cm³/mol. The lowest BCUT2D eigenvalue weighted by Crippen LogP contribution is -2.38. The van der Waals surface area contributed by atoms with Crippen LogP contribution in [-0.2, 0) is 14.3 Å². The quantitative estimate of drug-likeness (QED) is 0.795. The molecule has 1 unspecified atom stereocenters. The van der Waals surface area contributed by atoms with Crippen molar-refractivity contribution >= 4 is 12.1 Å². The SMILES string of the molecule is CCOC(=O)C(NC(=O)OC(C)(C)C)c1ccc(C2CCN(C)CC2)cc1. The number of nitrogens with zero attached hydrogens (tertiary/aromatic N) is 1. The van der Waals surface area contributed by atoms with Crippen molar-refractivity contribution in [3.63, 3.8) is 0 Å². The molecule has 0 spiro atoms. The number of carbonyl (C=O) groups is 2. The van der Waals surface area contributed by atoms with E-state index in [0.717, 1.165) is 25.9 Å². The average Bonchev–Trinajstić information content (AvgIpc) is 2.59. The van der Waals surface area contributed by atoms with Gasteiger partial charge in [0.1, 0.15) is 5.60 Å². The lowest BCUT2D eigenvalue weighted by molar-refractivity contribution is -0.145. The Kier molecular flexibility index (Phi) is 7.25. The normalized spacial score (nSPS) is 17.2. The molecular formula is C21H32N2O4. The zero-order valence-corrected chi connectivity index (χ0v) is 17.1. The molecule has 1 N–H and O–H groups in total. The number of nitrogens with one attached hydrogen (secondary N) is 1. The van der Waals surface area contributed by atoms with E-state index >= 15 is 0 Å². The van der Waals surface area contributed by atoms with Gasteiger partial charge in [-0.25, -0.2) is 9.59 Å². The molecule has 0 radical (unpaired) electrons. The topological polar surface area (TPSA) is 67.9 Å². The van der Waals surface area contributed by atoms with E-state index in [0.29, 0.717) is 11.5 Å². The Hall–Kier alpha value is -2.08. The Morgan fingerprint density at radius 3 is 2.30 bits per heavy atom.